The maximum atomic E-state index is 15.8. The van der Waals surface area contributed by atoms with Crippen molar-refractivity contribution in [3.05, 3.63) is 164 Å². The molecule has 0 aliphatic carbocycles. The molecule has 57 heavy (non-hydrogen) atoms. The van der Waals surface area contributed by atoms with E-state index in [0.29, 0.717) is 33.7 Å². The van der Waals surface area contributed by atoms with E-state index >= 15 is 4.39 Å². The number of rotatable bonds is 13. The molecule has 13 nitrogen and oxygen atoms in total. The van der Waals surface area contributed by atoms with Crippen LogP contribution in [0.25, 0.3) is 27.7 Å². The first-order valence-corrected chi connectivity index (χ1v) is 19.5. The Labute approximate surface area is 327 Å². The first-order chi connectivity index (χ1) is 27.3. The van der Waals surface area contributed by atoms with Crippen LogP contribution in [0.15, 0.2) is 124 Å². The van der Waals surface area contributed by atoms with Crippen molar-refractivity contribution in [1.29, 1.82) is 0 Å². The Bertz CT molecular complexity index is 2680. The number of anilines is 2. The summed E-state index contributed by atoms with van der Waals surface area (Å²) in [4.78, 5) is 32.0. The van der Waals surface area contributed by atoms with Gasteiger partial charge in [-0.3, -0.25) is 23.2 Å². The van der Waals surface area contributed by atoms with Crippen LogP contribution in [0.4, 0.5) is 15.9 Å². The maximum absolute atomic E-state index is 15.8. The summed E-state index contributed by atoms with van der Waals surface area (Å²) in [5.74, 6) is 0.109. The Morgan fingerprint density at radius 3 is 2.12 bits per heavy atom. The Kier molecular flexibility index (Phi) is 11.1. The number of phosphoric ester groups is 1. The maximum Gasteiger partial charge on any atom is 0.475 e. The van der Waals surface area contributed by atoms with Crippen LogP contribution in [0.3, 0.4) is 0 Å². The number of pyridine rings is 2. The molecule has 292 valence electrons. The van der Waals surface area contributed by atoms with Gasteiger partial charge in [0.05, 0.1) is 31.4 Å². The first kappa shape index (κ1) is 39.2. The van der Waals surface area contributed by atoms with E-state index in [0.717, 1.165) is 15.8 Å². The number of aryl methyl sites for hydroxylation is 2. The number of benzene rings is 3. The first-order valence-electron chi connectivity index (χ1n) is 18.0. The van der Waals surface area contributed by atoms with E-state index in [2.05, 4.69) is 20.6 Å². The molecule has 0 atom stereocenters. The average Bonchev–Trinajstić information content (AvgIpc) is 3.61. The number of aromatic nitrogens is 5. The van der Waals surface area contributed by atoms with Crippen molar-refractivity contribution < 1.29 is 27.0 Å². The summed E-state index contributed by atoms with van der Waals surface area (Å²) >= 11 is 0. The van der Waals surface area contributed by atoms with Crippen molar-refractivity contribution in [3.63, 3.8) is 0 Å². The summed E-state index contributed by atoms with van der Waals surface area (Å²) in [7, 11) is -2.79. The van der Waals surface area contributed by atoms with E-state index in [1.165, 1.54) is 23.0 Å². The second-order valence-corrected chi connectivity index (χ2v) is 16.1. The van der Waals surface area contributed by atoms with E-state index < -0.39 is 25.8 Å². The lowest BCUT2D eigenvalue weighted by Gasteiger charge is -2.21. The fourth-order valence-electron chi connectivity index (χ4n) is 6.12. The summed E-state index contributed by atoms with van der Waals surface area (Å²) < 4.78 is 55.8. The molecule has 0 bridgehead atoms. The zero-order valence-corrected chi connectivity index (χ0v) is 32.8. The van der Waals surface area contributed by atoms with Gasteiger partial charge in [-0.1, -0.05) is 86.6 Å². The van der Waals surface area contributed by atoms with E-state index in [4.69, 9.17) is 18.1 Å². The van der Waals surface area contributed by atoms with Gasteiger partial charge in [-0.15, -0.1) is 0 Å². The van der Waals surface area contributed by atoms with Crippen LogP contribution in [-0.4, -0.2) is 24.5 Å². The molecule has 0 fully saturated rings. The molecule has 0 amide bonds. The lowest BCUT2D eigenvalue weighted by atomic mass is 9.86. The molecule has 0 aliphatic heterocycles. The lowest BCUT2D eigenvalue weighted by Crippen LogP contribution is -2.25. The summed E-state index contributed by atoms with van der Waals surface area (Å²) in [5, 5.41) is 11.5. The van der Waals surface area contributed by atoms with E-state index in [1.807, 2.05) is 81.4 Å². The minimum Gasteiger partial charge on any atom is -0.360 e. The lowest BCUT2D eigenvalue weighted by molar-refractivity contribution is 0.0978. The zero-order valence-electron chi connectivity index (χ0n) is 31.9. The van der Waals surface area contributed by atoms with Crippen LogP contribution in [0.5, 0.6) is 0 Å². The van der Waals surface area contributed by atoms with Crippen molar-refractivity contribution >= 4 is 30.1 Å². The fraction of sp³-hybridized carbons (Fsp3) is 0.214. The van der Waals surface area contributed by atoms with Crippen molar-refractivity contribution in [3.8, 4) is 16.9 Å². The van der Waals surface area contributed by atoms with Gasteiger partial charge in [0.2, 0.25) is 0 Å². The quantitative estimate of drug-likeness (QED) is 0.112. The largest absolute Gasteiger partial charge is 0.475 e. The molecule has 15 heteroatoms. The van der Waals surface area contributed by atoms with E-state index in [-0.39, 0.29) is 46.6 Å². The van der Waals surface area contributed by atoms with Gasteiger partial charge in [0.25, 0.3) is 11.1 Å². The number of hydrogen-bond acceptors (Lipinski definition) is 11. The minimum atomic E-state index is -4.37. The average molecular weight is 791 g/mol. The molecular weight excluding hydrogens is 750 g/mol. The standard InChI is InChI=1S/C42H40FN6O7P/c1-27-18-37(47-56-27)46-36-20-31(23-48(5)40(36)50)33-16-17-44-39(49-41(51)38-30(22-45-49)19-32(21-35(38)43)42(2,3)4)34(33)26-55-57(52,53-24-28-12-8-6-9-13-28)54-25-29-14-10-7-11-15-29/h6-23H,24-26H2,1-5H3,(H,46,47). The van der Waals surface area contributed by atoms with Crippen molar-refractivity contribution in [2.24, 2.45) is 7.05 Å². The third-order valence-electron chi connectivity index (χ3n) is 9.16. The highest BCUT2D eigenvalue weighted by Crippen LogP contribution is 2.52. The topological polar surface area (TPSA) is 153 Å². The minimum absolute atomic E-state index is 0.0353. The molecule has 7 aromatic rings. The van der Waals surface area contributed by atoms with Crippen LogP contribution in [0.2, 0.25) is 0 Å². The van der Waals surface area contributed by atoms with Crippen molar-refractivity contribution in [2.75, 3.05) is 5.32 Å². The monoisotopic (exact) mass is 790 g/mol. The van der Waals surface area contributed by atoms with Gasteiger partial charge in [-0.2, -0.15) is 9.78 Å². The van der Waals surface area contributed by atoms with Gasteiger partial charge in [0, 0.05) is 42.0 Å². The SMILES string of the molecule is Cc1cc(Nc2cc(-c3ccnc(-n4ncc5cc(C(C)(C)C)cc(F)c5c4=O)c3COP(=O)(OCc3ccccc3)OCc3ccccc3)cn(C)c2=O)no1. The van der Waals surface area contributed by atoms with Crippen molar-refractivity contribution in [1.82, 2.24) is 24.5 Å². The zero-order chi connectivity index (χ0) is 40.3. The van der Waals surface area contributed by atoms with Gasteiger partial charge >= 0.3 is 7.82 Å². The summed E-state index contributed by atoms with van der Waals surface area (Å²) in [5.41, 5.74) is 1.89. The Morgan fingerprint density at radius 2 is 1.51 bits per heavy atom. The molecule has 4 heterocycles. The van der Waals surface area contributed by atoms with Gasteiger partial charge in [-0.25, -0.2) is 13.9 Å². The summed E-state index contributed by atoms with van der Waals surface area (Å²) in [6.45, 7) is 6.89. The normalized spacial score (nSPS) is 12.0. The van der Waals surface area contributed by atoms with Crippen LogP contribution >= 0.6 is 7.82 Å². The van der Waals surface area contributed by atoms with Gasteiger partial charge in [-0.05, 0) is 58.9 Å². The predicted octanol–water partition coefficient (Wildman–Crippen LogP) is 8.68. The van der Waals surface area contributed by atoms with Crippen LogP contribution in [0, 0.1) is 12.7 Å². The Morgan fingerprint density at radius 1 is 0.860 bits per heavy atom. The fourth-order valence-corrected chi connectivity index (χ4v) is 7.24. The third kappa shape index (κ3) is 8.84. The number of nitrogens with zero attached hydrogens (tertiary/aromatic N) is 5. The van der Waals surface area contributed by atoms with Crippen LogP contribution in [-0.2, 0) is 50.4 Å². The highest BCUT2D eigenvalue weighted by molar-refractivity contribution is 7.48. The third-order valence-corrected chi connectivity index (χ3v) is 10.5. The van der Waals surface area contributed by atoms with Gasteiger partial charge in [0.1, 0.15) is 17.3 Å². The summed E-state index contributed by atoms with van der Waals surface area (Å²) in [6, 6.07) is 26.2. The summed E-state index contributed by atoms with van der Waals surface area (Å²) in [6.07, 6.45) is 4.44. The molecule has 0 unspecified atom stereocenters. The Balaban J connectivity index is 1.35. The predicted molar refractivity (Wildman–Crippen MR) is 214 cm³/mol. The van der Waals surface area contributed by atoms with Crippen LogP contribution in [0.1, 0.15) is 48.8 Å². The van der Waals surface area contributed by atoms with Gasteiger partial charge in [0.15, 0.2) is 11.6 Å². The number of hydrogen-bond donors (Lipinski definition) is 1. The number of nitrogens with one attached hydrogen (secondary N) is 1. The van der Waals surface area contributed by atoms with Crippen LogP contribution < -0.4 is 16.4 Å². The molecule has 0 spiro atoms. The molecule has 3 aromatic carbocycles. The number of fused-ring (bicyclic) bond motifs is 1. The van der Waals surface area contributed by atoms with Crippen molar-refractivity contribution in [2.45, 2.75) is 52.9 Å². The number of phosphoric acid groups is 1. The second kappa shape index (κ2) is 16.2. The molecule has 1 N–H and O–H groups in total. The van der Waals surface area contributed by atoms with E-state index in [1.54, 1.807) is 44.4 Å². The Hall–Kier alpha value is -6.05. The molecule has 7 rings (SSSR count). The highest BCUT2D eigenvalue weighted by atomic mass is 31.2. The molecule has 0 aliphatic rings. The second-order valence-electron chi connectivity index (χ2n) is 14.4. The molecule has 0 saturated carbocycles. The molecule has 4 aromatic heterocycles. The molecular formula is C42H40FN6O7P. The smallest absolute Gasteiger partial charge is 0.360 e. The van der Waals surface area contributed by atoms with E-state index in [9.17, 15) is 14.2 Å². The van der Waals surface area contributed by atoms with Gasteiger partial charge < -0.3 is 14.4 Å². The highest BCUT2D eigenvalue weighted by Gasteiger charge is 2.30. The molecule has 0 saturated heterocycles. The number of halogens is 1. The molecule has 0 radical (unpaired) electrons.